The van der Waals surface area contributed by atoms with Crippen LogP contribution in [-0.4, -0.2) is 28.9 Å². The van der Waals surface area contributed by atoms with Gasteiger partial charge in [-0.15, -0.1) is 5.10 Å². The Bertz CT molecular complexity index is 1530. The Kier molecular flexibility index (Phi) is 11.4. The molecule has 2 aromatic rings. The van der Waals surface area contributed by atoms with Gasteiger partial charge in [-0.25, -0.2) is 0 Å². The van der Waals surface area contributed by atoms with Crippen molar-refractivity contribution in [1.82, 2.24) is 5.32 Å². The molecule has 15 heteroatoms. The van der Waals surface area contributed by atoms with Gasteiger partial charge in [-0.3, -0.25) is 4.79 Å². The molecule has 0 aromatic heterocycles. The van der Waals surface area contributed by atoms with Crippen molar-refractivity contribution in [1.29, 1.82) is 5.53 Å². The smallest absolute Gasteiger partial charge is 0.256 e. The molecule has 0 saturated carbocycles. The van der Waals surface area contributed by atoms with E-state index in [1.165, 1.54) is 6.07 Å². The Morgan fingerprint density at radius 2 is 1.72 bits per heavy atom. The molecule has 0 radical (unpaired) electrons. The highest BCUT2D eigenvalue weighted by Crippen LogP contribution is 2.44. The molecule has 0 unspecified atom stereocenters. The summed E-state index contributed by atoms with van der Waals surface area (Å²) in [5, 5.41) is 55.1. The molecule has 196 valence electrons. The van der Waals surface area contributed by atoms with Crippen molar-refractivity contribution in [2.24, 2.45) is 52.1 Å². The Hall–Kier alpha value is -5.96. The summed E-state index contributed by atoms with van der Waals surface area (Å²) in [5.74, 6) is 8.89. The van der Waals surface area contributed by atoms with E-state index in [1.807, 2.05) is 19.1 Å². The molecule has 2 aromatic carbocycles. The Balaban J connectivity index is 2.37. The third kappa shape index (κ3) is 8.58. The summed E-state index contributed by atoms with van der Waals surface area (Å²) in [7, 11) is 0. The van der Waals surface area contributed by atoms with E-state index in [0.29, 0.717) is 17.7 Å². The summed E-state index contributed by atoms with van der Waals surface area (Å²) < 4.78 is 0. The SMILES string of the molecule is C=C(C)c1ccc(C)cc1-c1c(O)cc(C#CC#C/C=N/N=N/N=N/N=N/N=N/N=N)c(C(=O)NCC)c1O. The molecule has 0 aliphatic rings. The second kappa shape index (κ2) is 15.2. The number of allylic oxidation sites excluding steroid dienone is 1. The predicted molar refractivity (Wildman–Crippen MR) is 140 cm³/mol. The van der Waals surface area contributed by atoms with Crippen LogP contribution in [0.2, 0.25) is 0 Å². The average Bonchev–Trinajstić information content (AvgIpc) is 2.88. The molecule has 0 atom stereocenters. The minimum absolute atomic E-state index is 0.0701. The molecule has 2 rings (SSSR count). The first-order chi connectivity index (χ1) is 18.8. The third-order valence-corrected chi connectivity index (χ3v) is 4.58. The lowest BCUT2D eigenvalue weighted by Crippen LogP contribution is -2.24. The van der Waals surface area contributed by atoms with E-state index in [4.69, 9.17) is 5.53 Å². The molecule has 0 saturated heterocycles. The minimum atomic E-state index is -0.567. The number of hydrogen-bond donors (Lipinski definition) is 4. The molecule has 39 heavy (non-hydrogen) atoms. The fraction of sp³-hybridized carbons (Fsp3) is 0.167. The first-order valence-corrected chi connectivity index (χ1v) is 11.0. The predicted octanol–water partition coefficient (Wildman–Crippen LogP) is 5.70. The largest absolute Gasteiger partial charge is 0.507 e. The number of nitrogens with zero attached hydrogens (tertiary/aromatic N) is 10. The lowest BCUT2D eigenvalue weighted by Gasteiger charge is -2.17. The van der Waals surface area contributed by atoms with Crippen molar-refractivity contribution >= 4 is 17.7 Å². The van der Waals surface area contributed by atoms with Crippen LogP contribution in [0.25, 0.3) is 16.7 Å². The topological polar surface area (TPSA) is 217 Å². The van der Waals surface area contributed by atoms with Crippen molar-refractivity contribution in [3.8, 4) is 46.3 Å². The van der Waals surface area contributed by atoms with Gasteiger partial charge >= 0.3 is 0 Å². The highest BCUT2D eigenvalue weighted by atomic mass is 16.3. The second-order valence-electron chi connectivity index (χ2n) is 7.31. The van der Waals surface area contributed by atoms with E-state index >= 15 is 0 Å². The number of carbonyl (C=O) groups excluding carboxylic acids is 1. The number of aryl methyl sites for hydroxylation is 1. The number of benzene rings is 2. The van der Waals surface area contributed by atoms with Gasteiger partial charge in [0.1, 0.15) is 17.7 Å². The van der Waals surface area contributed by atoms with Crippen molar-refractivity contribution in [2.45, 2.75) is 20.8 Å². The van der Waals surface area contributed by atoms with Crippen LogP contribution < -0.4 is 5.32 Å². The van der Waals surface area contributed by atoms with Gasteiger partial charge in [-0.2, -0.15) is 5.53 Å². The number of rotatable bonds is 9. The van der Waals surface area contributed by atoms with Crippen molar-refractivity contribution in [3.63, 3.8) is 0 Å². The lowest BCUT2D eigenvalue weighted by atomic mass is 9.90. The summed E-state index contributed by atoms with van der Waals surface area (Å²) in [5.41, 5.74) is 9.23. The molecule has 0 fully saturated rings. The molecule has 0 spiro atoms. The van der Waals surface area contributed by atoms with Gasteiger partial charge < -0.3 is 15.5 Å². The third-order valence-electron chi connectivity index (χ3n) is 4.58. The fourth-order valence-corrected chi connectivity index (χ4v) is 3.11. The lowest BCUT2D eigenvalue weighted by molar-refractivity contribution is 0.0953. The van der Waals surface area contributed by atoms with E-state index in [-0.39, 0.29) is 22.4 Å². The van der Waals surface area contributed by atoms with E-state index in [1.54, 1.807) is 19.9 Å². The van der Waals surface area contributed by atoms with Crippen LogP contribution >= 0.6 is 0 Å². The van der Waals surface area contributed by atoms with Crippen molar-refractivity contribution in [2.75, 3.05) is 6.54 Å². The Labute approximate surface area is 222 Å². The van der Waals surface area contributed by atoms with Gasteiger partial charge in [0.15, 0.2) is 0 Å². The maximum absolute atomic E-state index is 12.8. The zero-order valence-electron chi connectivity index (χ0n) is 21.1. The first-order valence-electron chi connectivity index (χ1n) is 11.0. The number of phenols is 2. The molecular weight excluding hydrogens is 504 g/mol. The number of aromatic hydroxyl groups is 2. The number of amides is 1. The van der Waals surface area contributed by atoms with E-state index < -0.39 is 11.7 Å². The van der Waals surface area contributed by atoms with Gasteiger partial charge in [0.05, 0.1) is 11.1 Å². The average molecular weight is 527 g/mol. The minimum Gasteiger partial charge on any atom is -0.507 e. The van der Waals surface area contributed by atoms with Gasteiger partial charge in [0, 0.05) is 12.1 Å². The summed E-state index contributed by atoms with van der Waals surface area (Å²) >= 11 is 0. The maximum Gasteiger partial charge on any atom is 0.256 e. The number of nitrogens with one attached hydrogen (secondary N) is 2. The van der Waals surface area contributed by atoms with Crippen LogP contribution in [0.4, 0.5) is 0 Å². The van der Waals surface area contributed by atoms with Crippen LogP contribution in [0.3, 0.4) is 0 Å². The highest BCUT2D eigenvalue weighted by molar-refractivity contribution is 6.03. The number of hydrogen-bond acceptors (Lipinski definition) is 5. The first kappa shape index (κ1) is 29.3. The number of carbonyl (C=O) groups is 1. The van der Waals surface area contributed by atoms with Crippen LogP contribution in [0.15, 0.2) is 83.0 Å². The fourth-order valence-electron chi connectivity index (χ4n) is 3.11. The Morgan fingerprint density at radius 1 is 1.05 bits per heavy atom. The second-order valence-corrected chi connectivity index (χ2v) is 7.31. The zero-order chi connectivity index (χ0) is 28.6. The van der Waals surface area contributed by atoms with Crippen molar-refractivity contribution < 1.29 is 15.0 Å². The molecule has 0 aliphatic carbocycles. The van der Waals surface area contributed by atoms with Crippen LogP contribution in [0.1, 0.15) is 40.9 Å². The van der Waals surface area contributed by atoms with E-state index in [0.717, 1.165) is 17.4 Å². The van der Waals surface area contributed by atoms with Crippen molar-refractivity contribution in [3.05, 3.63) is 53.1 Å². The molecule has 0 heterocycles. The van der Waals surface area contributed by atoms with Gasteiger partial charge in [0.25, 0.3) is 5.91 Å². The Morgan fingerprint density at radius 3 is 2.36 bits per heavy atom. The summed E-state index contributed by atoms with van der Waals surface area (Å²) in [6.45, 7) is 9.70. The molecule has 0 aliphatic heterocycles. The van der Waals surface area contributed by atoms with Gasteiger partial charge in [-0.1, -0.05) is 41.8 Å². The quantitative estimate of drug-likeness (QED) is 0.140. The van der Waals surface area contributed by atoms with E-state index in [2.05, 4.69) is 87.7 Å². The number of phenolic OH excluding ortho intramolecular Hbond substituents is 2. The van der Waals surface area contributed by atoms with Crippen LogP contribution in [0.5, 0.6) is 11.5 Å². The molecule has 0 bridgehead atoms. The summed E-state index contributed by atoms with van der Waals surface area (Å²) in [4.78, 5) is 12.8. The van der Waals surface area contributed by atoms with Crippen LogP contribution in [0, 0.1) is 36.1 Å². The molecule has 1 amide bonds. The molecule has 4 N–H and O–H groups in total. The van der Waals surface area contributed by atoms with Crippen LogP contribution in [-0.2, 0) is 0 Å². The van der Waals surface area contributed by atoms with Gasteiger partial charge in [0.2, 0.25) is 0 Å². The molecular formula is C24H22N12O3. The monoisotopic (exact) mass is 526 g/mol. The van der Waals surface area contributed by atoms with E-state index in [9.17, 15) is 15.0 Å². The zero-order valence-corrected chi connectivity index (χ0v) is 21.1. The highest BCUT2D eigenvalue weighted by Gasteiger charge is 2.24. The van der Waals surface area contributed by atoms with Gasteiger partial charge in [-0.05, 0) is 103 Å². The summed E-state index contributed by atoms with van der Waals surface area (Å²) in [6, 6.07) is 6.82. The molecule has 15 nitrogen and oxygen atoms in total. The standard InChI is InChI=1S/C24H22N12O3/c1-5-26-24(39)21-17(9-7-6-8-12-27-29-31-33-35-36-34-32-30-28-25)14-20(37)22(23(21)38)19-13-16(4)10-11-18(19)15(2)3/h10-14,25,37-38H,2,5H2,1,3-4H3,(H,26,39)/b27-12+,28-25?,31-29+,32-30+,35-33+,36-34+. The summed E-state index contributed by atoms with van der Waals surface area (Å²) in [6.07, 6.45) is 1.07. The maximum atomic E-state index is 12.8. The normalized spacial score (nSPS) is 11.2.